The minimum atomic E-state index is 0.592. The minimum absolute atomic E-state index is 0.592. The van der Waals surface area contributed by atoms with Crippen molar-refractivity contribution in [2.45, 2.75) is 25.3 Å². The van der Waals surface area contributed by atoms with Gasteiger partial charge in [-0.1, -0.05) is 0 Å². The number of rotatable bonds is 2. The van der Waals surface area contributed by atoms with Gasteiger partial charge in [-0.15, -0.1) is 5.10 Å². The average Bonchev–Trinajstić information content (AvgIpc) is 2.63. The van der Waals surface area contributed by atoms with Gasteiger partial charge >= 0.3 is 0 Å². The second-order valence-corrected chi connectivity index (χ2v) is 4.13. The van der Waals surface area contributed by atoms with Gasteiger partial charge in [0.2, 0.25) is 4.73 Å². The lowest BCUT2D eigenvalue weighted by molar-refractivity contribution is 0.562. The summed E-state index contributed by atoms with van der Waals surface area (Å²) in [5.41, 5.74) is 0. The van der Waals surface area contributed by atoms with E-state index in [1.807, 2.05) is 11.7 Å². The van der Waals surface area contributed by atoms with E-state index in [4.69, 9.17) is 0 Å². The molecule has 13 heavy (non-hydrogen) atoms. The molecule has 0 spiro atoms. The Labute approximate surface area is 85.9 Å². The summed E-state index contributed by atoms with van der Waals surface area (Å²) in [6, 6.07) is 0.592. The first-order valence-electron chi connectivity index (χ1n) is 4.54. The van der Waals surface area contributed by atoms with Crippen molar-refractivity contribution in [3.63, 3.8) is 0 Å². The maximum absolute atomic E-state index is 4.30. The molecule has 0 aliphatic carbocycles. The zero-order chi connectivity index (χ0) is 9.26. The zero-order valence-electron chi connectivity index (χ0n) is 7.63. The lowest BCUT2D eigenvalue weighted by Gasteiger charge is -2.07. The Kier molecular flexibility index (Phi) is 2.64. The van der Waals surface area contributed by atoms with Crippen molar-refractivity contribution in [2.75, 3.05) is 6.54 Å². The summed E-state index contributed by atoms with van der Waals surface area (Å²) in [4.78, 5) is 4.30. The number of halogens is 1. The van der Waals surface area contributed by atoms with Crippen molar-refractivity contribution >= 4 is 15.9 Å². The molecule has 0 amide bonds. The average molecular weight is 245 g/mol. The quantitative estimate of drug-likeness (QED) is 0.840. The predicted octanol–water partition coefficient (Wildman–Crippen LogP) is 0.872. The van der Waals surface area contributed by atoms with Crippen molar-refractivity contribution in [1.82, 2.24) is 20.1 Å². The van der Waals surface area contributed by atoms with Gasteiger partial charge in [0, 0.05) is 19.5 Å². The van der Waals surface area contributed by atoms with E-state index < -0.39 is 0 Å². The van der Waals surface area contributed by atoms with Gasteiger partial charge in [-0.3, -0.25) is 4.68 Å². The number of hydrogen-bond donors (Lipinski definition) is 1. The minimum Gasteiger partial charge on any atom is -0.314 e. The van der Waals surface area contributed by atoms with Crippen LogP contribution in [0.5, 0.6) is 0 Å². The highest BCUT2D eigenvalue weighted by Crippen LogP contribution is 2.11. The largest absolute Gasteiger partial charge is 0.314 e. The van der Waals surface area contributed by atoms with Crippen molar-refractivity contribution in [1.29, 1.82) is 0 Å². The van der Waals surface area contributed by atoms with Crippen LogP contribution in [0.2, 0.25) is 0 Å². The van der Waals surface area contributed by atoms with Crippen LogP contribution in [0.15, 0.2) is 4.73 Å². The molecule has 72 valence electrons. The van der Waals surface area contributed by atoms with Crippen LogP contribution in [-0.2, 0) is 13.5 Å². The fourth-order valence-corrected chi connectivity index (χ4v) is 2.15. The van der Waals surface area contributed by atoms with Crippen LogP contribution < -0.4 is 5.32 Å². The third-order valence-corrected chi connectivity index (χ3v) is 2.75. The standard InChI is InChI=1S/C8H13BrN4/c1-13-7(11-8(9)12-13)5-6-3-2-4-10-6/h6,10H,2-5H2,1H3. The van der Waals surface area contributed by atoms with Crippen molar-refractivity contribution in [3.8, 4) is 0 Å². The van der Waals surface area contributed by atoms with Crippen LogP contribution in [0.4, 0.5) is 0 Å². The fraction of sp³-hybridized carbons (Fsp3) is 0.750. The molecule has 0 aromatic carbocycles. The first kappa shape index (κ1) is 9.15. The monoisotopic (exact) mass is 244 g/mol. The third-order valence-electron chi connectivity index (χ3n) is 2.42. The van der Waals surface area contributed by atoms with E-state index in [-0.39, 0.29) is 0 Å². The summed E-state index contributed by atoms with van der Waals surface area (Å²) in [5.74, 6) is 1.05. The summed E-state index contributed by atoms with van der Waals surface area (Å²) >= 11 is 3.27. The molecule has 1 unspecified atom stereocenters. The van der Waals surface area contributed by atoms with Crippen molar-refractivity contribution in [2.24, 2.45) is 7.05 Å². The molecule has 1 aliphatic rings. The molecule has 2 rings (SSSR count). The molecule has 1 N–H and O–H groups in total. The van der Waals surface area contributed by atoms with Gasteiger partial charge in [0.05, 0.1) is 0 Å². The van der Waals surface area contributed by atoms with E-state index >= 15 is 0 Å². The van der Waals surface area contributed by atoms with Gasteiger partial charge in [0.15, 0.2) is 0 Å². The van der Waals surface area contributed by atoms with E-state index in [9.17, 15) is 0 Å². The van der Waals surface area contributed by atoms with E-state index in [0.717, 1.165) is 18.8 Å². The Bertz CT molecular complexity index is 290. The first-order valence-corrected chi connectivity index (χ1v) is 5.34. The molecule has 0 saturated carbocycles. The summed E-state index contributed by atoms with van der Waals surface area (Å²) in [6.45, 7) is 1.14. The molecule has 4 nitrogen and oxygen atoms in total. The maximum Gasteiger partial charge on any atom is 0.217 e. The van der Waals surface area contributed by atoms with Crippen molar-refractivity contribution < 1.29 is 0 Å². The number of hydrogen-bond acceptors (Lipinski definition) is 3. The molecule has 1 aliphatic heterocycles. The Hall–Kier alpha value is -0.420. The molecular weight excluding hydrogens is 232 g/mol. The lowest BCUT2D eigenvalue weighted by atomic mass is 10.1. The Morgan fingerprint density at radius 2 is 2.54 bits per heavy atom. The number of nitrogens with zero attached hydrogens (tertiary/aromatic N) is 3. The van der Waals surface area contributed by atoms with Crippen LogP contribution in [0.3, 0.4) is 0 Å². The topological polar surface area (TPSA) is 42.7 Å². The summed E-state index contributed by atoms with van der Waals surface area (Å²) < 4.78 is 2.52. The van der Waals surface area contributed by atoms with Crippen LogP contribution in [0.1, 0.15) is 18.7 Å². The molecular formula is C8H13BrN4. The molecule has 0 bridgehead atoms. The van der Waals surface area contributed by atoms with E-state index in [1.54, 1.807) is 0 Å². The highest BCUT2D eigenvalue weighted by molar-refractivity contribution is 9.10. The number of aryl methyl sites for hydroxylation is 1. The van der Waals surface area contributed by atoms with E-state index in [0.29, 0.717) is 10.8 Å². The second-order valence-electron chi connectivity index (χ2n) is 3.42. The van der Waals surface area contributed by atoms with Crippen LogP contribution in [0.25, 0.3) is 0 Å². The number of aromatic nitrogens is 3. The summed E-state index contributed by atoms with van der Waals surface area (Å²) in [5, 5.41) is 7.59. The molecule has 1 aromatic heterocycles. The van der Waals surface area contributed by atoms with Gasteiger partial charge < -0.3 is 5.32 Å². The van der Waals surface area contributed by atoms with Gasteiger partial charge in [-0.2, -0.15) is 0 Å². The highest BCUT2D eigenvalue weighted by atomic mass is 79.9. The van der Waals surface area contributed by atoms with Crippen LogP contribution in [0, 0.1) is 0 Å². The lowest BCUT2D eigenvalue weighted by Crippen LogP contribution is -2.25. The van der Waals surface area contributed by atoms with Crippen LogP contribution >= 0.6 is 15.9 Å². The van der Waals surface area contributed by atoms with Crippen LogP contribution in [-0.4, -0.2) is 27.4 Å². The van der Waals surface area contributed by atoms with Gasteiger partial charge in [-0.05, 0) is 35.3 Å². The van der Waals surface area contributed by atoms with Crippen molar-refractivity contribution in [3.05, 3.63) is 10.6 Å². The Balaban J connectivity index is 2.03. The maximum atomic E-state index is 4.30. The number of nitrogens with one attached hydrogen (secondary N) is 1. The molecule has 1 aromatic rings. The predicted molar refractivity (Wildman–Crippen MR) is 53.4 cm³/mol. The molecule has 1 saturated heterocycles. The molecule has 1 fully saturated rings. The van der Waals surface area contributed by atoms with E-state index in [2.05, 4.69) is 31.3 Å². The first-order chi connectivity index (χ1) is 6.25. The zero-order valence-corrected chi connectivity index (χ0v) is 9.21. The molecule has 1 atom stereocenters. The summed E-state index contributed by atoms with van der Waals surface area (Å²) in [6.07, 6.45) is 3.52. The molecule has 0 radical (unpaired) electrons. The Morgan fingerprint density at radius 3 is 3.08 bits per heavy atom. The van der Waals surface area contributed by atoms with Gasteiger partial charge in [0.25, 0.3) is 0 Å². The SMILES string of the molecule is Cn1nc(Br)nc1CC1CCCN1. The van der Waals surface area contributed by atoms with Gasteiger partial charge in [0.1, 0.15) is 5.82 Å². The molecule has 2 heterocycles. The van der Waals surface area contributed by atoms with Gasteiger partial charge in [-0.25, -0.2) is 4.98 Å². The highest BCUT2D eigenvalue weighted by Gasteiger charge is 2.17. The fourth-order valence-electron chi connectivity index (χ4n) is 1.71. The smallest absolute Gasteiger partial charge is 0.217 e. The van der Waals surface area contributed by atoms with E-state index in [1.165, 1.54) is 12.8 Å². The third kappa shape index (κ3) is 2.08. The normalized spacial score (nSPS) is 22.5. The second kappa shape index (κ2) is 3.75. The summed E-state index contributed by atoms with van der Waals surface area (Å²) in [7, 11) is 1.93. The molecule has 5 heteroatoms. The Morgan fingerprint density at radius 1 is 1.69 bits per heavy atom.